The van der Waals surface area contributed by atoms with Crippen molar-refractivity contribution in [2.45, 2.75) is 44.4 Å². The lowest BCUT2D eigenvalue weighted by molar-refractivity contribution is -0.0258. The minimum atomic E-state index is 0.249. The molecule has 1 aliphatic carbocycles. The van der Waals surface area contributed by atoms with E-state index in [4.69, 9.17) is 4.74 Å². The lowest BCUT2D eigenvalue weighted by Crippen LogP contribution is -2.28. The van der Waals surface area contributed by atoms with Crippen LogP contribution in [0.3, 0.4) is 0 Å². The van der Waals surface area contributed by atoms with E-state index >= 15 is 0 Å². The summed E-state index contributed by atoms with van der Waals surface area (Å²) in [5, 5.41) is 3.33. The first-order valence-corrected chi connectivity index (χ1v) is 4.22. The van der Waals surface area contributed by atoms with Crippen LogP contribution in [0.25, 0.3) is 0 Å². The molecule has 0 amide bonds. The van der Waals surface area contributed by atoms with E-state index in [0.717, 1.165) is 6.54 Å². The Balaban J connectivity index is 2.03. The first-order chi connectivity index (χ1) is 4.81. The van der Waals surface area contributed by atoms with Gasteiger partial charge in [0.15, 0.2) is 0 Å². The molecule has 1 aliphatic heterocycles. The van der Waals surface area contributed by atoms with Gasteiger partial charge in [0.2, 0.25) is 0 Å². The van der Waals surface area contributed by atoms with E-state index in [9.17, 15) is 0 Å². The van der Waals surface area contributed by atoms with Gasteiger partial charge in [0.1, 0.15) is 6.23 Å². The summed E-state index contributed by atoms with van der Waals surface area (Å²) in [7, 11) is 0. The normalized spacial score (nSPS) is 37.5. The van der Waals surface area contributed by atoms with Gasteiger partial charge in [-0.05, 0) is 19.8 Å². The zero-order chi connectivity index (χ0) is 7.03. The molecule has 2 heteroatoms. The zero-order valence-corrected chi connectivity index (χ0v) is 6.52. The maximum Gasteiger partial charge on any atom is 0.106 e. The van der Waals surface area contributed by atoms with E-state index in [-0.39, 0.29) is 11.8 Å². The molecule has 0 aromatic carbocycles. The van der Waals surface area contributed by atoms with Crippen LogP contribution in [0.5, 0.6) is 0 Å². The predicted molar refractivity (Wildman–Crippen MR) is 39.7 cm³/mol. The molecule has 1 saturated carbocycles. The van der Waals surface area contributed by atoms with Crippen LogP contribution in [-0.2, 0) is 4.74 Å². The molecule has 1 saturated heterocycles. The minimum Gasteiger partial charge on any atom is -0.356 e. The quantitative estimate of drug-likeness (QED) is 0.548. The first kappa shape index (κ1) is 6.62. The van der Waals surface area contributed by atoms with E-state index in [0.29, 0.717) is 0 Å². The third kappa shape index (κ3) is 0.956. The van der Waals surface area contributed by atoms with Crippen LogP contribution >= 0.6 is 0 Å². The van der Waals surface area contributed by atoms with Crippen LogP contribution in [0.4, 0.5) is 0 Å². The summed E-state index contributed by atoms with van der Waals surface area (Å²) in [5.41, 5.74) is 0.249. The molecule has 2 aliphatic rings. The second-order valence-electron chi connectivity index (χ2n) is 3.53. The van der Waals surface area contributed by atoms with Gasteiger partial charge in [0.25, 0.3) is 0 Å². The maximum atomic E-state index is 5.80. The Morgan fingerprint density at radius 2 is 2.10 bits per heavy atom. The van der Waals surface area contributed by atoms with Gasteiger partial charge in [0.05, 0.1) is 5.60 Å². The minimum absolute atomic E-state index is 0.249. The van der Waals surface area contributed by atoms with Gasteiger partial charge in [-0.25, -0.2) is 0 Å². The van der Waals surface area contributed by atoms with Gasteiger partial charge < -0.3 is 4.74 Å². The maximum absolute atomic E-state index is 5.80. The topological polar surface area (TPSA) is 21.3 Å². The molecule has 1 spiro atoms. The number of rotatable bonds is 0. The van der Waals surface area contributed by atoms with Gasteiger partial charge in [0, 0.05) is 6.54 Å². The average molecular weight is 141 g/mol. The lowest BCUT2D eigenvalue weighted by Gasteiger charge is -2.20. The van der Waals surface area contributed by atoms with E-state index in [1.165, 1.54) is 25.7 Å². The van der Waals surface area contributed by atoms with E-state index < -0.39 is 0 Å². The van der Waals surface area contributed by atoms with Gasteiger partial charge in [-0.1, -0.05) is 12.8 Å². The Bertz CT molecular complexity index is 129. The van der Waals surface area contributed by atoms with E-state index in [1.54, 1.807) is 0 Å². The van der Waals surface area contributed by atoms with Crippen LogP contribution < -0.4 is 5.32 Å². The molecular weight excluding hydrogens is 126 g/mol. The standard InChI is InChI=1S/C8H15NO/c1-7-9-6-8(10-7)4-2-3-5-8/h7,9H,2-6H2,1H3. The second-order valence-corrected chi connectivity index (χ2v) is 3.53. The summed E-state index contributed by atoms with van der Waals surface area (Å²) in [6.07, 6.45) is 5.54. The summed E-state index contributed by atoms with van der Waals surface area (Å²) in [6.45, 7) is 3.17. The smallest absolute Gasteiger partial charge is 0.106 e. The summed E-state index contributed by atoms with van der Waals surface area (Å²) in [4.78, 5) is 0. The number of hydrogen-bond donors (Lipinski definition) is 1. The van der Waals surface area contributed by atoms with Crippen molar-refractivity contribution in [2.75, 3.05) is 6.54 Å². The molecule has 1 heterocycles. The number of ether oxygens (including phenoxy) is 1. The highest BCUT2D eigenvalue weighted by molar-refractivity contribution is 4.92. The van der Waals surface area contributed by atoms with Crippen molar-refractivity contribution in [3.05, 3.63) is 0 Å². The van der Waals surface area contributed by atoms with Crippen LogP contribution in [0.2, 0.25) is 0 Å². The third-order valence-corrected chi connectivity index (χ3v) is 2.65. The van der Waals surface area contributed by atoms with E-state index in [2.05, 4.69) is 12.2 Å². The highest BCUT2D eigenvalue weighted by Crippen LogP contribution is 2.36. The zero-order valence-electron chi connectivity index (χ0n) is 6.52. The van der Waals surface area contributed by atoms with Crippen molar-refractivity contribution in [3.63, 3.8) is 0 Å². The molecule has 1 atom stereocenters. The van der Waals surface area contributed by atoms with Crippen molar-refractivity contribution in [1.29, 1.82) is 0 Å². The predicted octanol–water partition coefficient (Wildman–Crippen LogP) is 1.27. The molecule has 0 aromatic heterocycles. The van der Waals surface area contributed by atoms with Gasteiger partial charge in [-0.3, -0.25) is 5.32 Å². The molecule has 2 nitrogen and oxygen atoms in total. The molecule has 10 heavy (non-hydrogen) atoms. The van der Waals surface area contributed by atoms with E-state index in [1.807, 2.05) is 0 Å². The first-order valence-electron chi connectivity index (χ1n) is 4.22. The van der Waals surface area contributed by atoms with Crippen molar-refractivity contribution in [1.82, 2.24) is 5.32 Å². The highest BCUT2D eigenvalue weighted by Gasteiger charge is 2.40. The number of nitrogens with one attached hydrogen (secondary N) is 1. The van der Waals surface area contributed by atoms with Crippen molar-refractivity contribution < 1.29 is 4.74 Å². The molecule has 1 N–H and O–H groups in total. The Labute approximate surface area is 61.9 Å². The molecule has 2 rings (SSSR count). The monoisotopic (exact) mass is 141 g/mol. The Morgan fingerprint density at radius 1 is 1.40 bits per heavy atom. The van der Waals surface area contributed by atoms with Gasteiger partial charge >= 0.3 is 0 Å². The van der Waals surface area contributed by atoms with Gasteiger partial charge in [-0.2, -0.15) is 0 Å². The van der Waals surface area contributed by atoms with Crippen molar-refractivity contribution in [3.8, 4) is 0 Å². The summed E-state index contributed by atoms with van der Waals surface area (Å²) < 4.78 is 5.80. The fourth-order valence-corrected chi connectivity index (χ4v) is 2.10. The Morgan fingerprint density at radius 3 is 2.60 bits per heavy atom. The largest absolute Gasteiger partial charge is 0.356 e. The molecule has 58 valence electrons. The van der Waals surface area contributed by atoms with Crippen LogP contribution in [0.15, 0.2) is 0 Å². The Hall–Kier alpha value is -0.0800. The molecule has 0 radical (unpaired) electrons. The molecule has 1 unspecified atom stereocenters. The summed E-state index contributed by atoms with van der Waals surface area (Å²) in [5.74, 6) is 0. The van der Waals surface area contributed by atoms with Crippen molar-refractivity contribution >= 4 is 0 Å². The fraction of sp³-hybridized carbons (Fsp3) is 1.00. The molecular formula is C8H15NO. The number of hydrogen-bond acceptors (Lipinski definition) is 2. The molecule has 0 bridgehead atoms. The molecule has 0 aromatic rings. The van der Waals surface area contributed by atoms with Crippen LogP contribution in [-0.4, -0.2) is 18.4 Å². The lowest BCUT2D eigenvalue weighted by atomic mass is 10.0. The average Bonchev–Trinajstić information content (AvgIpc) is 2.46. The van der Waals surface area contributed by atoms with Crippen molar-refractivity contribution in [2.24, 2.45) is 0 Å². The second kappa shape index (κ2) is 2.21. The fourth-order valence-electron chi connectivity index (χ4n) is 2.10. The van der Waals surface area contributed by atoms with Crippen LogP contribution in [0.1, 0.15) is 32.6 Å². The van der Waals surface area contributed by atoms with Crippen LogP contribution in [0, 0.1) is 0 Å². The Kier molecular flexibility index (Phi) is 1.46. The SMILES string of the molecule is CC1NCC2(CCCC2)O1. The highest BCUT2D eigenvalue weighted by atomic mass is 16.5. The van der Waals surface area contributed by atoms with Gasteiger partial charge in [-0.15, -0.1) is 0 Å². The summed E-state index contributed by atoms with van der Waals surface area (Å²) >= 11 is 0. The third-order valence-electron chi connectivity index (χ3n) is 2.65. The molecule has 2 fully saturated rings. The summed E-state index contributed by atoms with van der Waals surface area (Å²) in [6, 6.07) is 0.